The van der Waals surface area contributed by atoms with Crippen molar-refractivity contribution in [2.75, 3.05) is 6.54 Å². The monoisotopic (exact) mass is 263 g/mol. The first-order valence-corrected chi connectivity index (χ1v) is 6.14. The summed E-state index contributed by atoms with van der Waals surface area (Å²) in [5.41, 5.74) is 1.25. The van der Waals surface area contributed by atoms with E-state index >= 15 is 0 Å². The summed E-state index contributed by atoms with van der Waals surface area (Å²) in [5.74, 6) is -0.621. The summed E-state index contributed by atoms with van der Waals surface area (Å²) in [6.07, 6.45) is 1.91. The highest BCUT2D eigenvalue weighted by Crippen LogP contribution is 2.12. The molecule has 0 aliphatic carbocycles. The van der Waals surface area contributed by atoms with Gasteiger partial charge >= 0.3 is 0 Å². The zero-order valence-electron chi connectivity index (χ0n) is 10.7. The van der Waals surface area contributed by atoms with Gasteiger partial charge in [0.15, 0.2) is 0 Å². The van der Waals surface area contributed by atoms with Crippen LogP contribution in [0.25, 0.3) is 0 Å². The Labute approximate surface area is 110 Å². The smallest absolute Gasteiger partial charge is 0.133 e. The Kier molecular flexibility index (Phi) is 4.52. The van der Waals surface area contributed by atoms with Crippen LogP contribution in [-0.4, -0.2) is 16.5 Å². The molecule has 1 aromatic heterocycles. The van der Waals surface area contributed by atoms with Crippen LogP contribution in [0.3, 0.4) is 0 Å². The summed E-state index contributed by atoms with van der Waals surface area (Å²) in [7, 11) is 0. The fraction of sp³-hybridized carbons (Fsp3) is 0.286. The van der Waals surface area contributed by atoms with E-state index in [-0.39, 0.29) is 6.42 Å². The maximum atomic E-state index is 13.5. The van der Waals surface area contributed by atoms with E-state index in [2.05, 4.69) is 15.3 Å². The highest BCUT2D eigenvalue weighted by Gasteiger charge is 2.07. The predicted molar refractivity (Wildman–Crippen MR) is 68.6 cm³/mol. The molecule has 0 atom stereocenters. The molecule has 19 heavy (non-hydrogen) atoms. The van der Waals surface area contributed by atoms with Crippen molar-refractivity contribution in [3.63, 3.8) is 0 Å². The summed E-state index contributed by atoms with van der Waals surface area (Å²) in [5, 5.41) is 3.16. The molecule has 1 heterocycles. The number of hydrogen-bond acceptors (Lipinski definition) is 3. The summed E-state index contributed by atoms with van der Waals surface area (Å²) < 4.78 is 26.3. The highest BCUT2D eigenvalue weighted by molar-refractivity contribution is 5.22. The number of benzene rings is 1. The largest absolute Gasteiger partial charge is 0.311 e. The van der Waals surface area contributed by atoms with E-state index in [1.165, 1.54) is 12.1 Å². The van der Waals surface area contributed by atoms with Gasteiger partial charge in [-0.1, -0.05) is 13.0 Å². The van der Waals surface area contributed by atoms with Crippen molar-refractivity contribution < 1.29 is 8.78 Å². The SMILES string of the molecule is CCNCc1ccnc(Cc2ccc(F)cc2F)n1. The van der Waals surface area contributed by atoms with Crippen LogP contribution in [0.5, 0.6) is 0 Å². The molecule has 0 fully saturated rings. The molecular weight excluding hydrogens is 248 g/mol. The normalized spacial score (nSPS) is 10.7. The van der Waals surface area contributed by atoms with Crippen molar-refractivity contribution in [1.82, 2.24) is 15.3 Å². The first-order valence-electron chi connectivity index (χ1n) is 6.14. The van der Waals surface area contributed by atoms with Gasteiger partial charge in [-0.3, -0.25) is 0 Å². The molecular formula is C14H15F2N3. The first kappa shape index (κ1) is 13.5. The van der Waals surface area contributed by atoms with Crippen LogP contribution in [0.15, 0.2) is 30.5 Å². The second-order valence-corrected chi connectivity index (χ2v) is 4.16. The van der Waals surface area contributed by atoms with Crippen molar-refractivity contribution in [3.8, 4) is 0 Å². The Morgan fingerprint density at radius 3 is 2.79 bits per heavy atom. The quantitative estimate of drug-likeness (QED) is 0.900. The van der Waals surface area contributed by atoms with Gasteiger partial charge in [0.25, 0.3) is 0 Å². The lowest BCUT2D eigenvalue weighted by Gasteiger charge is -2.05. The van der Waals surface area contributed by atoms with Gasteiger partial charge in [-0.2, -0.15) is 0 Å². The molecule has 0 aliphatic heterocycles. The maximum absolute atomic E-state index is 13.5. The average molecular weight is 263 g/mol. The Balaban J connectivity index is 2.14. The second-order valence-electron chi connectivity index (χ2n) is 4.16. The minimum absolute atomic E-state index is 0.256. The lowest BCUT2D eigenvalue weighted by molar-refractivity contribution is 0.573. The summed E-state index contributed by atoms with van der Waals surface area (Å²) in [6.45, 7) is 3.51. The minimum Gasteiger partial charge on any atom is -0.311 e. The molecule has 0 aliphatic rings. The molecule has 5 heteroatoms. The fourth-order valence-corrected chi connectivity index (χ4v) is 1.71. The van der Waals surface area contributed by atoms with Crippen molar-refractivity contribution in [2.24, 2.45) is 0 Å². The molecule has 100 valence electrons. The standard InChI is InChI=1S/C14H15F2N3/c1-2-17-9-12-5-6-18-14(19-12)7-10-3-4-11(15)8-13(10)16/h3-6,8,17H,2,7,9H2,1H3. The number of aromatic nitrogens is 2. The summed E-state index contributed by atoms with van der Waals surface area (Å²) >= 11 is 0. The molecule has 2 rings (SSSR count). The van der Waals surface area contributed by atoms with Gasteiger partial charge in [0.05, 0.1) is 5.69 Å². The van der Waals surface area contributed by atoms with Crippen LogP contribution in [-0.2, 0) is 13.0 Å². The molecule has 0 bridgehead atoms. The summed E-state index contributed by atoms with van der Waals surface area (Å²) in [4.78, 5) is 8.44. The molecule has 0 saturated heterocycles. The van der Waals surface area contributed by atoms with Crippen LogP contribution in [0.4, 0.5) is 8.78 Å². The Hall–Kier alpha value is -1.88. The average Bonchev–Trinajstić information content (AvgIpc) is 2.40. The molecule has 3 nitrogen and oxygen atoms in total. The fourth-order valence-electron chi connectivity index (χ4n) is 1.71. The van der Waals surface area contributed by atoms with E-state index in [1.807, 2.05) is 13.0 Å². The van der Waals surface area contributed by atoms with Gasteiger partial charge in [-0.05, 0) is 24.2 Å². The van der Waals surface area contributed by atoms with Crippen LogP contribution in [0.1, 0.15) is 24.0 Å². The topological polar surface area (TPSA) is 37.8 Å². The van der Waals surface area contributed by atoms with E-state index in [4.69, 9.17) is 0 Å². The Morgan fingerprint density at radius 2 is 2.05 bits per heavy atom. The van der Waals surface area contributed by atoms with Gasteiger partial charge in [0.2, 0.25) is 0 Å². The first-order chi connectivity index (χ1) is 9.19. The molecule has 2 aromatic rings. The third-order valence-electron chi connectivity index (χ3n) is 2.68. The van der Waals surface area contributed by atoms with E-state index in [1.54, 1.807) is 6.20 Å². The highest BCUT2D eigenvalue weighted by atomic mass is 19.1. The predicted octanol–water partition coefficient (Wildman–Crippen LogP) is 2.46. The van der Waals surface area contributed by atoms with E-state index < -0.39 is 11.6 Å². The molecule has 0 radical (unpaired) electrons. The Morgan fingerprint density at radius 1 is 1.21 bits per heavy atom. The van der Waals surface area contributed by atoms with Gasteiger partial charge in [-0.25, -0.2) is 18.7 Å². The van der Waals surface area contributed by atoms with Crippen molar-refractivity contribution in [3.05, 3.63) is 59.2 Å². The van der Waals surface area contributed by atoms with E-state index in [9.17, 15) is 8.78 Å². The zero-order chi connectivity index (χ0) is 13.7. The lowest BCUT2D eigenvalue weighted by Crippen LogP contribution is -2.14. The van der Waals surface area contributed by atoms with Crippen LogP contribution >= 0.6 is 0 Å². The van der Waals surface area contributed by atoms with E-state index in [0.717, 1.165) is 18.3 Å². The van der Waals surface area contributed by atoms with Gasteiger partial charge in [-0.15, -0.1) is 0 Å². The Bertz CT molecular complexity index is 558. The van der Waals surface area contributed by atoms with Crippen LogP contribution in [0.2, 0.25) is 0 Å². The molecule has 0 amide bonds. The van der Waals surface area contributed by atoms with Crippen molar-refractivity contribution >= 4 is 0 Å². The zero-order valence-corrected chi connectivity index (χ0v) is 10.7. The molecule has 0 spiro atoms. The van der Waals surface area contributed by atoms with Crippen LogP contribution in [0, 0.1) is 11.6 Å². The molecule has 0 saturated carbocycles. The lowest BCUT2D eigenvalue weighted by atomic mass is 10.1. The molecule has 1 aromatic carbocycles. The van der Waals surface area contributed by atoms with Crippen molar-refractivity contribution in [1.29, 1.82) is 0 Å². The number of nitrogens with zero attached hydrogens (tertiary/aromatic N) is 2. The number of nitrogens with one attached hydrogen (secondary N) is 1. The number of rotatable bonds is 5. The minimum atomic E-state index is -0.580. The van der Waals surface area contributed by atoms with Gasteiger partial charge in [0.1, 0.15) is 17.5 Å². The second kappa shape index (κ2) is 6.33. The third kappa shape index (κ3) is 3.79. The van der Waals surface area contributed by atoms with E-state index in [0.29, 0.717) is 17.9 Å². The van der Waals surface area contributed by atoms with Gasteiger partial charge in [0, 0.05) is 25.2 Å². The molecule has 1 N–H and O–H groups in total. The van der Waals surface area contributed by atoms with Gasteiger partial charge < -0.3 is 5.32 Å². The summed E-state index contributed by atoms with van der Waals surface area (Å²) in [6, 6.07) is 5.34. The molecule has 0 unspecified atom stereocenters. The number of halogens is 2. The van der Waals surface area contributed by atoms with Crippen LogP contribution < -0.4 is 5.32 Å². The maximum Gasteiger partial charge on any atom is 0.133 e. The third-order valence-corrected chi connectivity index (χ3v) is 2.68. The van der Waals surface area contributed by atoms with Crippen molar-refractivity contribution in [2.45, 2.75) is 19.9 Å². The number of hydrogen-bond donors (Lipinski definition) is 1.